The molecule has 0 amide bonds. The van der Waals surface area contributed by atoms with Crippen LogP contribution in [-0.2, 0) is 0 Å². The van der Waals surface area contributed by atoms with Crippen LogP contribution < -0.4 is 0 Å². The summed E-state index contributed by atoms with van der Waals surface area (Å²) >= 11 is 6.45. The first-order valence-corrected chi connectivity index (χ1v) is 3.92. The van der Waals surface area contributed by atoms with E-state index in [2.05, 4.69) is 31.9 Å². The molecule has 0 aliphatic rings. The Morgan fingerprint density at radius 3 is 1.70 bits per heavy atom. The van der Waals surface area contributed by atoms with Crippen molar-refractivity contribution in [3.63, 3.8) is 0 Å². The maximum absolute atomic E-state index is 8.93. The maximum atomic E-state index is 8.93. The molecule has 1 aromatic carbocycles. The van der Waals surface area contributed by atoms with E-state index in [0.29, 0.717) is 0 Å². The summed E-state index contributed by atoms with van der Waals surface area (Å²) in [6, 6.07) is 5.12. The van der Waals surface area contributed by atoms with E-state index in [9.17, 15) is 0 Å². The van der Waals surface area contributed by atoms with Crippen LogP contribution in [0, 0.1) is 0 Å². The van der Waals surface area contributed by atoms with Gasteiger partial charge in [0.25, 0.3) is 0 Å². The first-order valence-electron chi connectivity index (χ1n) is 2.33. The SMILES string of the molecule is Oc1cc(Br)cc(Br)c1.[NaH]. The normalized spacial score (nSPS) is 8.60. The summed E-state index contributed by atoms with van der Waals surface area (Å²) in [6.45, 7) is 0. The molecule has 1 N–H and O–H groups in total. The quantitative estimate of drug-likeness (QED) is 0.721. The molecule has 0 aromatic heterocycles. The molecule has 1 aromatic rings. The van der Waals surface area contributed by atoms with E-state index < -0.39 is 0 Å². The Balaban J connectivity index is 0.000000810. The fourth-order valence-electron chi connectivity index (χ4n) is 0.539. The molecular weight excluding hydrogens is 271 g/mol. The molecule has 0 fully saturated rings. The van der Waals surface area contributed by atoms with E-state index in [0.717, 1.165) is 8.95 Å². The van der Waals surface area contributed by atoms with E-state index >= 15 is 0 Å². The Morgan fingerprint density at radius 1 is 1.00 bits per heavy atom. The molecule has 0 bridgehead atoms. The van der Waals surface area contributed by atoms with Gasteiger partial charge in [-0.3, -0.25) is 0 Å². The molecule has 0 saturated heterocycles. The minimum atomic E-state index is 0. The van der Waals surface area contributed by atoms with Crippen molar-refractivity contribution in [3.05, 3.63) is 27.1 Å². The van der Waals surface area contributed by atoms with Crippen LogP contribution in [0.3, 0.4) is 0 Å². The van der Waals surface area contributed by atoms with Crippen LogP contribution in [0.2, 0.25) is 0 Å². The van der Waals surface area contributed by atoms with Crippen LogP contribution in [0.25, 0.3) is 0 Å². The molecule has 0 saturated carbocycles. The van der Waals surface area contributed by atoms with Gasteiger partial charge in [0.05, 0.1) is 0 Å². The third-order valence-corrected chi connectivity index (χ3v) is 1.76. The molecule has 4 heteroatoms. The van der Waals surface area contributed by atoms with Crippen molar-refractivity contribution in [2.75, 3.05) is 0 Å². The zero-order chi connectivity index (χ0) is 6.85. The Bertz CT molecular complexity index is 177. The molecule has 0 heterocycles. The predicted octanol–water partition coefficient (Wildman–Crippen LogP) is 2.27. The average Bonchev–Trinajstić information content (AvgIpc) is 1.59. The second-order valence-corrected chi connectivity index (χ2v) is 3.46. The Hall–Kier alpha value is 0.980. The van der Waals surface area contributed by atoms with Crippen molar-refractivity contribution in [2.24, 2.45) is 0 Å². The van der Waals surface area contributed by atoms with Crippen LogP contribution in [0.15, 0.2) is 27.1 Å². The van der Waals surface area contributed by atoms with Gasteiger partial charge in [0, 0.05) is 8.95 Å². The van der Waals surface area contributed by atoms with Crippen LogP contribution in [0.4, 0.5) is 0 Å². The molecule has 10 heavy (non-hydrogen) atoms. The summed E-state index contributed by atoms with van der Waals surface area (Å²) in [5.74, 6) is 0.260. The molecule has 0 unspecified atom stereocenters. The van der Waals surface area contributed by atoms with Crippen LogP contribution in [-0.4, -0.2) is 34.7 Å². The number of phenols is 1. The molecule has 0 aliphatic heterocycles. The van der Waals surface area contributed by atoms with Crippen LogP contribution >= 0.6 is 31.9 Å². The molecule has 1 rings (SSSR count). The second kappa shape index (κ2) is 4.78. The van der Waals surface area contributed by atoms with Crippen LogP contribution in [0.5, 0.6) is 5.75 Å². The Labute approximate surface area is 98.4 Å². The second-order valence-electron chi connectivity index (χ2n) is 1.63. The monoisotopic (exact) mass is 274 g/mol. The third kappa shape index (κ3) is 3.39. The summed E-state index contributed by atoms with van der Waals surface area (Å²) in [6.07, 6.45) is 0. The topological polar surface area (TPSA) is 20.2 Å². The van der Waals surface area contributed by atoms with Gasteiger partial charge in [0.1, 0.15) is 5.75 Å². The molecular formula is C6H5Br2NaO. The van der Waals surface area contributed by atoms with Crippen molar-refractivity contribution < 1.29 is 5.11 Å². The van der Waals surface area contributed by atoms with Gasteiger partial charge in [-0.15, -0.1) is 0 Å². The molecule has 0 radical (unpaired) electrons. The van der Waals surface area contributed by atoms with E-state index in [4.69, 9.17) is 5.11 Å². The zero-order valence-corrected chi connectivity index (χ0v) is 7.61. The van der Waals surface area contributed by atoms with E-state index in [1.165, 1.54) is 0 Å². The Kier molecular flexibility index (Phi) is 5.24. The summed E-state index contributed by atoms with van der Waals surface area (Å²) in [7, 11) is 0. The van der Waals surface area contributed by atoms with Crippen molar-refractivity contribution in [1.82, 2.24) is 0 Å². The predicted molar refractivity (Wildman–Crippen MR) is 50.7 cm³/mol. The fraction of sp³-hybridized carbons (Fsp3) is 0. The van der Waals surface area contributed by atoms with E-state index in [-0.39, 0.29) is 35.3 Å². The van der Waals surface area contributed by atoms with Gasteiger partial charge in [-0.05, 0) is 18.2 Å². The molecule has 1 nitrogen and oxygen atoms in total. The summed E-state index contributed by atoms with van der Waals surface area (Å²) in [4.78, 5) is 0. The van der Waals surface area contributed by atoms with Gasteiger partial charge < -0.3 is 5.11 Å². The Morgan fingerprint density at radius 2 is 1.40 bits per heavy atom. The van der Waals surface area contributed by atoms with Gasteiger partial charge in [0.15, 0.2) is 0 Å². The molecule has 50 valence electrons. The van der Waals surface area contributed by atoms with Crippen molar-refractivity contribution >= 4 is 61.4 Å². The average molecular weight is 276 g/mol. The number of hydrogen-bond acceptors (Lipinski definition) is 1. The van der Waals surface area contributed by atoms with Crippen molar-refractivity contribution in [2.45, 2.75) is 0 Å². The van der Waals surface area contributed by atoms with Gasteiger partial charge in [-0.1, -0.05) is 31.9 Å². The zero-order valence-electron chi connectivity index (χ0n) is 4.44. The minimum absolute atomic E-state index is 0. The van der Waals surface area contributed by atoms with Crippen molar-refractivity contribution in [1.29, 1.82) is 0 Å². The fourth-order valence-corrected chi connectivity index (χ4v) is 1.81. The van der Waals surface area contributed by atoms with E-state index in [1.54, 1.807) is 12.1 Å². The number of benzene rings is 1. The summed E-state index contributed by atoms with van der Waals surface area (Å²) < 4.78 is 1.74. The number of hydrogen-bond donors (Lipinski definition) is 1. The number of aromatic hydroxyl groups is 1. The van der Waals surface area contributed by atoms with Gasteiger partial charge in [0.2, 0.25) is 0 Å². The summed E-state index contributed by atoms with van der Waals surface area (Å²) in [5.41, 5.74) is 0. The molecule has 0 atom stereocenters. The molecule has 0 spiro atoms. The number of rotatable bonds is 0. The number of halogens is 2. The number of phenolic OH excluding ortho intramolecular Hbond substituents is 1. The van der Waals surface area contributed by atoms with Gasteiger partial charge in [-0.2, -0.15) is 0 Å². The molecule has 0 aliphatic carbocycles. The van der Waals surface area contributed by atoms with Crippen molar-refractivity contribution in [3.8, 4) is 5.75 Å². The van der Waals surface area contributed by atoms with Gasteiger partial charge >= 0.3 is 29.6 Å². The standard InChI is InChI=1S/C6H4Br2O.Na.H/c7-4-1-5(8)3-6(9)2-4;;/h1-3,9H;;. The first-order chi connectivity index (χ1) is 4.18. The van der Waals surface area contributed by atoms with Crippen LogP contribution in [0.1, 0.15) is 0 Å². The third-order valence-electron chi connectivity index (χ3n) is 0.847. The summed E-state index contributed by atoms with van der Waals surface area (Å²) in [5, 5.41) is 8.93. The van der Waals surface area contributed by atoms with Gasteiger partial charge in [-0.25, -0.2) is 0 Å². The first kappa shape index (κ1) is 11.0. The van der Waals surface area contributed by atoms with E-state index in [1.807, 2.05) is 6.07 Å².